The number of likely N-dealkylation sites (tertiary alicyclic amines) is 1. The van der Waals surface area contributed by atoms with E-state index in [1.54, 1.807) is 23.0 Å². The Balaban J connectivity index is 1.34. The van der Waals surface area contributed by atoms with Crippen LogP contribution in [0.1, 0.15) is 49.4 Å². The van der Waals surface area contributed by atoms with Crippen molar-refractivity contribution in [1.29, 1.82) is 0 Å². The number of rotatable bonds is 6. The second kappa shape index (κ2) is 9.28. The predicted octanol–water partition coefficient (Wildman–Crippen LogP) is 2.78. The third-order valence-electron chi connectivity index (χ3n) is 5.93. The number of hydrogen-bond acceptors (Lipinski definition) is 5. The molecule has 1 N–H and O–H groups in total. The molecule has 8 nitrogen and oxygen atoms in total. The van der Waals surface area contributed by atoms with Gasteiger partial charge in [0.1, 0.15) is 5.82 Å². The van der Waals surface area contributed by atoms with Gasteiger partial charge in [-0.25, -0.2) is 4.98 Å². The first-order valence-corrected chi connectivity index (χ1v) is 11.0. The van der Waals surface area contributed by atoms with Crippen LogP contribution in [0.3, 0.4) is 0 Å². The number of aryl methyl sites for hydroxylation is 1. The number of piperidine rings is 1. The van der Waals surface area contributed by atoms with Gasteiger partial charge in [-0.3, -0.25) is 14.3 Å². The molecule has 0 bridgehead atoms. The van der Waals surface area contributed by atoms with E-state index in [4.69, 9.17) is 0 Å². The summed E-state index contributed by atoms with van der Waals surface area (Å²) in [6, 6.07) is 5.51. The van der Waals surface area contributed by atoms with Crippen molar-refractivity contribution in [3.8, 4) is 0 Å². The third kappa shape index (κ3) is 4.80. The van der Waals surface area contributed by atoms with Gasteiger partial charge in [0.15, 0.2) is 5.82 Å². The molecule has 0 spiro atoms. The van der Waals surface area contributed by atoms with E-state index in [0.29, 0.717) is 24.3 Å². The van der Waals surface area contributed by atoms with Crippen molar-refractivity contribution in [2.45, 2.75) is 45.6 Å². The topological polar surface area (TPSA) is 83.4 Å². The maximum Gasteiger partial charge on any atom is 0.254 e. The van der Waals surface area contributed by atoms with Gasteiger partial charge >= 0.3 is 0 Å². The summed E-state index contributed by atoms with van der Waals surface area (Å²) in [4.78, 5) is 34.1. The quantitative estimate of drug-likeness (QED) is 0.792. The van der Waals surface area contributed by atoms with Crippen molar-refractivity contribution in [3.63, 3.8) is 0 Å². The highest BCUT2D eigenvalue weighted by Gasteiger charge is 2.27. The molecule has 2 aliphatic rings. The van der Waals surface area contributed by atoms with Crippen molar-refractivity contribution in [2.75, 3.05) is 36.4 Å². The molecule has 0 aromatic carbocycles. The molecule has 2 aliphatic heterocycles. The summed E-state index contributed by atoms with van der Waals surface area (Å²) in [6.07, 6.45) is 8.20. The average Bonchev–Trinajstić information content (AvgIpc) is 3.45. The number of hydrogen-bond donors (Lipinski definition) is 1. The zero-order valence-corrected chi connectivity index (χ0v) is 17.6. The molecule has 30 heavy (non-hydrogen) atoms. The van der Waals surface area contributed by atoms with Gasteiger partial charge in [0.25, 0.3) is 5.91 Å². The Hall–Kier alpha value is -2.90. The van der Waals surface area contributed by atoms with Crippen molar-refractivity contribution in [1.82, 2.24) is 19.7 Å². The smallest absolute Gasteiger partial charge is 0.254 e. The molecule has 4 heterocycles. The Labute approximate surface area is 177 Å². The van der Waals surface area contributed by atoms with E-state index >= 15 is 0 Å². The number of nitrogens with one attached hydrogen (secondary N) is 1. The minimum atomic E-state index is -0.0455. The summed E-state index contributed by atoms with van der Waals surface area (Å²) < 4.78 is 1.78. The van der Waals surface area contributed by atoms with Crippen LogP contribution in [0.15, 0.2) is 30.6 Å². The number of nitrogens with zero attached hydrogens (tertiary/aromatic N) is 5. The molecule has 0 radical (unpaired) electrons. The third-order valence-corrected chi connectivity index (χ3v) is 5.93. The van der Waals surface area contributed by atoms with Gasteiger partial charge in [0.2, 0.25) is 5.91 Å². The van der Waals surface area contributed by atoms with Crippen LogP contribution in [0.5, 0.6) is 0 Å². The summed E-state index contributed by atoms with van der Waals surface area (Å²) in [5.41, 5.74) is 0.683. The molecule has 1 unspecified atom stereocenters. The standard InChI is InChI=1S/C22H30N6O2/c1-2-28-13-8-19(25-28)24-21(29)14-17-6-5-12-27(16-17)22(30)18-7-9-23-20(15-18)26-10-3-4-11-26/h7-9,13,15,17H,2-6,10-12,14,16H2,1H3,(H,24,25,29). The Bertz CT molecular complexity index is 889. The lowest BCUT2D eigenvalue weighted by molar-refractivity contribution is -0.117. The minimum absolute atomic E-state index is 0.0321. The van der Waals surface area contributed by atoms with Gasteiger partial charge in [-0.1, -0.05) is 0 Å². The number of amides is 2. The fraction of sp³-hybridized carbons (Fsp3) is 0.545. The molecular formula is C22H30N6O2. The second-order valence-electron chi connectivity index (χ2n) is 8.17. The number of carbonyl (C=O) groups excluding carboxylic acids is 2. The van der Waals surface area contributed by atoms with Crippen molar-refractivity contribution < 1.29 is 9.59 Å². The molecule has 2 saturated heterocycles. The fourth-order valence-electron chi connectivity index (χ4n) is 4.33. The number of aromatic nitrogens is 3. The Kier molecular flexibility index (Phi) is 6.30. The van der Waals surface area contributed by atoms with Crippen LogP contribution in [0, 0.1) is 5.92 Å². The first-order valence-electron chi connectivity index (χ1n) is 11.0. The van der Waals surface area contributed by atoms with Crippen molar-refractivity contribution in [3.05, 3.63) is 36.2 Å². The van der Waals surface area contributed by atoms with Gasteiger partial charge in [-0.15, -0.1) is 0 Å². The maximum absolute atomic E-state index is 13.1. The summed E-state index contributed by atoms with van der Waals surface area (Å²) in [5, 5.41) is 7.17. The second-order valence-corrected chi connectivity index (χ2v) is 8.17. The van der Waals surface area contributed by atoms with Crippen LogP contribution in [0.2, 0.25) is 0 Å². The predicted molar refractivity (Wildman–Crippen MR) is 115 cm³/mol. The van der Waals surface area contributed by atoms with E-state index in [1.807, 2.05) is 24.1 Å². The van der Waals surface area contributed by atoms with E-state index < -0.39 is 0 Å². The Morgan fingerprint density at radius 2 is 2.00 bits per heavy atom. The first-order chi connectivity index (χ1) is 14.6. The average molecular weight is 411 g/mol. The van der Waals surface area contributed by atoms with Crippen LogP contribution >= 0.6 is 0 Å². The molecule has 8 heteroatoms. The Morgan fingerprint density at radius 1 is 1.17 bits per heavy atom. The summed E-state index contributed by atoms with van der Waals surface area (Å²) in [5.74, 6) is 1.62. The monoisotopic (exact) mass is 410 g/mol. The van der Waals surface area contributed by atoms with Crippen LogP contribution < -0.4 is 10.2 Å². The van der Waals surface area contributed by atoms with Gasteiger partial charge in [0, 0.05) is 63.2 Å². The lowest BCUT2D eigenvalue weighted by Crippen LogP contribution is -2.41. The lowest BCUT2D eigenvalue weighted by atomic mass is 9.94. The number of anilines is 2. The van der Waals surface area contributed by atoms with Gasteiger partial charge in [-0.05, 0) is 50.7 Å². The van der Waals surface area contributed by atoms with E-state index in [2.05, 4.69) is 20.3 Å². The Morgan fingerprint density at radius 3 is 2.77 bits per heavy atom. The first kappa shape index (κ1) is 20.4. The molecule has 4 rings (SSSR count). The molecular weight excluding hydrogens is 380 g/mol. The summed E-state index contributed by atoms with van der Waals surface area (Å²) in [6.45, 7) is 6.12. The van der Waals surface area contributed by atoms with Crippen LogP contribution in [0.4, 0.5) is 11.6 Å². The molecule has 0 saturated carbocycles. The SMILES string of the molecule is CCn1ccc(NC(=O)CC2CCCN(C(=O)c3ccnc(N4CCCC4)c3)C2)n1. The zero-order chi connectivity index (χ0) is 20.9. The van der Waals surface area contributed by atoms with Gasteiger partial charge in [-0.2, -0.15) is 5.10 Å². The lowest BCUT2D eigenvalue weighted by Gasteiger charge is -2.32. The molecule has 160 valence electrons. The van der Waals surface area contributed by atoms with Gasteiger partial charge in [0.05, 0.1) is 0 Å². The van der Waals surface area contributed by atoms with Crippen LogP contribution in [-0.4, -0.2) is 57.7 Å². The highest BCUT2D eigenvalue weighted by atomic mass is 16.2. The molecule has 2 aromatic heterocycles. The fourth-order valence-corrected chi connectivity index (χ4v) is 4.33. The van der Waals surface area contributed by atoms with E-state index in [9.17, 15) is 9.59 Å². The van der Waals surface area contributed by atoms with Gasteiger partial charge < -0.3 is 15.1 Å². The van der Waals surface area contributed by atoms with Crippen LogP contribution in [0.25, 0.3) is 0 Å². The largest absolute Gasteiger partial charge is 0.357 e. The maximum atomic E-state index is 13.1. The van der Waals surface area contributed by atoms with Crippen molar-refractivity contribution in [2.24, 2.45) is 5.92 Å². The molecule has 2 amide bonds. The van der Waals surface area contributed by atoms with E-state index in [-0.39, 0.29) is 17.7 Å². The number of carbonyl (C=O) groups is 2. The number of pyridine rings is 1. The molecule has 0 aliphatic carbocycles. The zero-order valence-electron chi connectivity index (χ0n) is 17.6. The normalized spacial score (nSPS) is 19.2. The van der Waals surface area contributed by atoms with E-state index in [0.717, 1.165) is 44.8 Å². The van der Waals surface area contributed by atoms with Crippen LogP contribution in [-0.2, 0) is 11.3 Å². The molecule has 2 fully saturated rings. The van der Waals surface area contributed by atoms with E-state index in [1.165, 1.54) is 12.8 Å². The highest BCUT2D eigenvalue weighted by Crippen LogP contribution is 2.24. The highest BCUT2D eigenvalue weighted by molar-refractivity contribution is 5.95. The summed E-state index contributed by atoms with van der Waals surface area (Å²) in [7, 11) is 0. The molecule has 2 aromatic rings. The summed E-state index contributed by atoms with van der Waals surface area (Å²) >= 11 is 0. The van der Waals surface area contributed by atoms with Crippen molar-refractivity contribution >= 4 is 23.5 Å². The minimum Gasteiger partial charge on any atom is -0.357 e. The molecule has 1 atom stereocenters.